The van der Waals surface area contributed by atoms with Crippen LogP contribution in [0.1, 0.15) is 40.7 Å². The van der Waals surface area contributed by atoms with Crippen LogP contribution in [0.25, 0.3) is 0 Å². The quantitative estimate of drug-likeness (QED) is 0.657. The van der Waals surface area contributed by atoms with Crippen LogP contribution in [0.2, 0.25) is 0 Å². The summed E-state index contributed by atoms with van der Waals surface area (Å²) in [5.41, 5.74) is 2.10. The summed E-state index contributed by atoms with van der Waals surface area (Å²) in [6.07, 6.45) is 2.06. The SMILES string of the molecule is CC(=O)N1CCN2C(=O)[C@@H]3C[C@H](CN3Cc3c(C)noc3C)NC(=O)c3cccnc3OC[C@@H]2C1. The van der Waals surface area contributed by atoms with Gasteiger partial charge in [0, 0.05) is 57.4 Å². The van der Waals surface area contributed by atoms with Crippen molar-refractivity contribution in [1.82, 2.24) is 30.2 Å². The predicted molar refractivity (Wildman–Crippen MR) is 124 cm³/mol. The topological polar surface area (TPSA) is 121 Å². The minimum Gasteiger partial charge on any atom is -0.475 e. The van der Waals surface area contributed by atoms with E-state index in [0.29, 0.717) is 44.7 Å². The molecule has 0 saturated carbocycles. The molecule has 5 heterocycles. The van der Waals surface area contributed by atoms with Gasteiger partial charge in [-0.2, -0.15) is 0 Å². The van der Waals surface area contributed by atoms with Gasteiger partial charge in [0.05, 0.1) is 17.8 Å². The van der Waals surface area contributed by atoms with Gasteiger partial charge in [-0.15, -0.1) is 0 Å². The van der Waals surface area contributed by atoms with Gasteiger partial charge in [-0.1, -0.05) is 5.16 Å². The number of amides is 3. The van der Waals surface area contributed by atoms with Crippen molar-refractivity contribution in [3.05, 3.63) is 40.9 Å². The van der Waals surface area contributed by atoms with Crippen molar-refractivity contribution in [2.24, 2.45) is 0 Å². The van der Waals surface area contributed by atoms with E-state index >= 15 is 0 Å². The summed E-state index contributed by atoms with van der Waals surface area (Å²) in [4.78, 5) is 49.1. The third-order valence-corrected chi connectivity index (χ3v) is 7.21. The van der Waals surface area contributed by atoms with Crippen molar-refractivity contribution < 1.29 is 23.6 Å². The average Bonchev–Trinajstić information content (AvgIpc) is 3.39. The number of rotatable bonds is 2. The Labute approximate surface area is 203 Å². The molecule has 2 saturated heterocycles. The molecule has 0 aliphatic carbocycles. The maximum Gasteiger partial charge on any atom is 0.257 e. The molecule has 0 aromatic carbocycles. The van der Waals surface area contributed by atoms with E-state index in [1.54, 1.807) is 23.2 Å². The highest BCUT2D eigenvalue weighted by Gasteiger charge is 2.43. The number of aromatic nitrogens is 2. The third kappa shape index (κ3) is 4.47. The van der Waals surface area contributed by atoms with Gasteiger partial charge in [-0.3, -0.25) is 19.3 Å². The molecular weight excluding hydrogens is 452 g/mol. The number of ether oxygens (including phenoxy) is 1. The molecule has 3 aliphatic rings. The van der Waals surface area contributed by atoms with E-state index < -0.39 is 6.04 Å². The first-order chi connectivity index (χ1) is 16.8. The van der Waals surface area contributed by atoms with Crippen molar-refractivity contribution in [2.45, 2.75) is 51.9 Å². The van der Waals surface area contributed by atoms with Crippen molar-refractivity contribution in [3.8, 4) is 5.88 Å². The lowest BCUT2D eigenvalue weighted by atomic mass is 10.1. The Balaban J connectivity index is 1.49. The average molecular weight is 483 g/mol. The van der Waals surface area contributed by atoms with Crippen molar-refractivity contribution in [1.29, 1.82) is 0 Å². The summed E-state index contributed by atoms with van der Waals surface area (Å²) < 4.78 is 11.3. The predicted octanol–water partition coefficient (Wildman–Crippen LogP) is 0.511. The smallest absolute Gasteiger partial charge is 0.257 e. The molecule has 2 bridgehead atoms. The first kappa shape index (κ1) is 23.3. The molecule has 0 spiro atoms. The Morgan fingerprint density at radius 2 is 2.06 bits per heavy atom. The highest BCUT2D eigenvalue weighted by Crippen LogP contribution is 2.28. The number of hydrogen-bond acceptors (Lipinski definition) is 8. The zero-order valence-electron chi connectivity index (χ0n) is 20.2. The molecule has 5 rings (SSSR count). The van der Waals surface area contributed by atoms with E-state index in [9.17, 15) is 14.4 Å². The van der Waals surface area contributed by atoms with Gasteiger partial charge in [0.25, 0.3) is 5.91 Å². The van der Waals surface area contributed by atoms with Crippen LogP contribution >= 0.6 is 0 Å². The Kier molecular flexibility index (Phi) is 6.18. The normalized spacial score (nSPS) is 25.2. The number of hydrogen-bond donors (Lipinski definition) is 1. The second kappa shape index (κ2) is 9.29. The Morgan fingerprint density at radius 3 is 2.80 bits per heavy atom. The fourth-order valence-corrected chi connectivity index (χ4v) is 5.25. The van der Waals surface area contributed by atoms with Crippen LogP contribution in [0.5, 0.6) is 5.88 Å². The molecule has 35 heavy (non-hydrogen) atoms. The van der Waals surface area contributed by atoms with Gasteiger partial charge >= 0.3 is 0 Å². The Morgan fingerprint density at radius 1 is 1.23 bits per heavy atom. The van der Waals surface area contributed by atoms with Crippen molar-refractivity contribution >= 4 is 17.7 Å². The zero-order valence-corrected chi connectivity index (χ0v) is 20.2. The second-order valence-corrected chi connectivity index (χ2v) is 9.47. The van der Waals surface area contributed by atoms with Crippen molar-refractivity contribution in [2.75, 3.05) is 32.8 Å². The molecule has 1 N–H and O–H groups in total. The summed E-state index contributed by atoms with van der Waals surface area (Å²) in [6, 6.07) is 2.39. The largest absolute Gasteiger partial charge is 0.475 e. The summed E-state index contributed by atoms with van der Waals surface area (Å²) in [5.74, 6) is 0.602. The van der Waals surface area contributed by atoms with Gasteiger partial charge in [0.15, 0.2) is 0 Å². The van der Waals surface area contributed by atoms with Gasteiger partial charge in [-0.25, -0.2) is 4.98 Å². The van der Waals surface area contributed by atoms with E-state index in [1.165, 1.54) is 6.92 Å². The molecule has 2 aromatic heterocycles. The Bertz CT molecular complexity index is 1130. The fourth-order valence-electron chi connectivity index (χ4n) is 5.25. The number of piperazine rings is 1. The molecule has 3 amide bonds. The number of fused-ring (bicyclic) bond motifs is 4. The first-order valence-electron chi connectivity index (χ1n) is 11.9. The number of pyridine rings is 1. The van der Waals surface area contributed by atoms with E-state index in [0.717, 1.165) is 17.0 Å². The van der Waals surface area contributed by atoms with Gasteiger partial charge in [0.1, 0.15) is 17.9 Å². The lowest BCUT2D eigenvalue weighted by Crippen LogP contribution is -2.61. The van der Waals surface area contributed by atoms with Crippen molar-refractivity contribution in [3.63, 3.8) is 0 Å². The fraction of sp³-hybridized carbons (Fsp3) is 0.542. The molecule has 3 atom stereocenters. The molecule has 2 aromatic rings. The molecule has 0 unspecified atom stereocenters. The number of carbonyl (C=O) groups excluding carboxylic acids is 3. The van der Waals surface area contributed by atoms with Crippen LogP contribution in [-0.2, 0) is 16.1 Å². The third-order valence-electron chi connectivity index (χ3n) is 7.21. The highest BCUT2D eigenvalue weighted by atomic mass is 16.5. The Hall–Kier alpha value is -3.47. The van der Waals surface area contributed by atoms with Gasteiger partial charge in [-0.05, 0) is 32.4 Å². The van der Waals surface area contributed by atoms with Crippen LogP contribution in [0.3, 0.4) is 0 Å². The summed E-state index contributed by atoms with van der Waals surface area (Å²) in [5, 5.41) is 7.13. The monoisotopic (exact) mass is 482 g/mol. The maximum atomic E-state index is 13.9. The number of nitrogens with one attached hydrogen (secondary N) is 1. The lowest BCUT2D eigenvalue weighted by Gasteiger charge is -2.42. The van der Waals surface area contributed by atoms with Crippen LogP contribution < -0.4 is 10.1 Å². The van der Waals surface area contributed by atoms with E-state index in [-0.39, 0.29) is 42.3 Å². The molecule has 186 valence electrons. The van der Waals surface area contributed by atoms with E-state index in [4.69, 9.17) is 9.26 Å². The second-order valence-electron chi connectivity index (χ2n) is 9.47. The number of aryl methyl sites for hydroxylation is 2. The highest BCUT2D eigenvalue weighted by molar-refractivity contribution is 5.96. The lowest BCUT2D eigenvalue weighted by molar-refractivity contribution is -0.146. The summed E-state index contributed by atoms with van der Waals surface area (Å²) >= 11 is 0. The molecule has 11 nitrogen and oxygen atoms in total. The minimum absolute atomic E-state index is 0.0212. The summed E-state index contributed by atoms with van der Waals surface area (Å²) in [7, 11) is 0. The minimum atomic E-state index is -0.423. The summed E-state index contributed by atoms with van der Waals surface area (Å²) in [6.45, 7) is 7.69. The maximum absolute atomic E-state index is 13.9. The van der Waals surface area contributed by atoms with Gasteiger partial charge in [0.2, 0.25) is 17.7 Å². The van der Waals surface area contributed by atoms with E-state index in [1.807, 2.05) is 18.7 Å². The van der Waals surface area contributed by atoms with Crippen LogP contribution in [-0.4, -0.2) is 93.5 Å². The molecular formula is C24H30N6O5. The molecule has 0 radical (unpaired) electrons. The van der Waals surface area contributed by atoms with Crippen LogP contribution in [0.4, 0.5) is 0 Å². The number of likely N-dealkylation sites (tertiary alicyclic amines) is 1. The first-order valence-corrected chi connectivity index (χ1v) is 11.9. The van der Waals surface area contributed by atoms with Crippen LogP contribution in [0, 0.1) is 13.8 Å². The van der Waals surface area contributed by atoms with Gasteiger partial charge < -0.3 is 24.4 Å². The molecule has 11 heteroatoms. The van der Waals surface area contributed by atoms with Crippen LogP contribution in [0.15, 0.2) is 22.9 Å². The standard InChI is InChI=1S/C24H30N6O5/c1-14-20(15(2)35-27-14)12-29-10-17-9-21(29)24(33)30-8-7-28(16(3)31)11-18(30)13-34-23-19(22(32)26-17)5-4-6-25-23/h4-6,17-18,21H,7-13H2,1-3H3,(H,26,32)/t17-,18+,21+/m1/s1. The number of nitrogens with zero attached hydrogens (tertiary/aromatic N) is 5. The van der Waals surface area contributed by atoms with E-state index in [2.05, 4.69) is 20.4 Å². The molecule has 2 fully saturated rings. The number of carbonyl (C=O) groups is 3. The zero-order chi connectivity index (χ0) is 24.7. The molecule has 3 aliphatic heterocycles.